The minimum atomic E-state index is -0.970. The maximum absolute atomic E-state index is 11.9. The van der Waals surface area contributed by atoms with E-state index in [1.807, 2.05) is 6.07 Å². The minimum absolute atomic E-state index is 0.0544. The zero-order chi connectivity index (χ0) is 13.8. The summed E-state index contributed by atoms with van der Waals surface area (Å²) in [5.41, 5.74) is 2.22. The summed E-state index contributed by atoms with van der Waals surface area (Å²) in [6, 6.07) is 3.46. The summed E-state index contributed by atoms with van der Waals surface area (Å²) in [5.74, 6) is -0.970. The first kappa shape index (κ1) is 13.8. The van der Waals surface area contributed by atoms with Crippen molar-refractivity contribution >= 4 is 5.97 Å². The van der Waals surface area contributed by atoms with E-state index in [9.17, 15) is 9.59 Å². The van der Waals surface area contributed by atoms with Crippen molar-refractivity contribution in [2.75, 3.05) is 6.61 Å². The summed E-state index contributed by atoms with van der Waals surface area (Å²) < 4.78 is 6.88. The summed E-state index contributed by atoms with van der Waals surface area (Å²) in [6.07, 6.45) is 2.45. The van der Waals surface area contributed by atoms with Crippen LogP contribution < -0.4 is 5.56 Å². The number of aryl methyl sites for hydroxylation is 1. The molecule has 0 amide bonds. The van der Waals surface area contributed by atoms with E-state index in [0.717, 1.165) is 25.0 Å². The number of carbonyl (C=O) groups is 1. The summed E-state index contributed by atoms with van der Waals surface area (Å²) in [4.78, 5) is 22.9. The number of nitrogens with zero attached hydrogens (tertiary/aromatic N) is 1. The maximum atomic E-state index is 11.9. The van der Waals surface area contributed by atoms with E-state index in [2.05, 4.69) is 0 Å². The average molecular weight is 265 g/mol. The quantitative estimate of drug-likeness (QED) is 0.839. The van der Waals surface area contributed by atoms with Crippen LogP contribution in [0.3, 0.4) is 0 Å². The van der Waals surface area contributed by atoms with Gasteiger partial charge in [0.1, 0.15) is 0 Å². The van der Waals surface area contributed by atoms with E-state index in [0.29, 0.717) is 19.6 Å². The molecule has 1 atom stereocenters. The number of carboxylic acid groups (broad SMARTS) is 1. The van der Waals surface area contributed by atoms with Gasteiger partial charge in [0.15, 0.2) is 6.10 Å². The molecule has 1 N–H and O–H groups in total. The number of rotatable bonds is 6. The van der Waals surface area contributed by atoms with Crippen molar-refractivity contribution < 1.29 is 14.6 Å². The highest BCUT2D eigenvalue weighted by atomic mass is 16.5. The van der Waals surface area contributed by atoms with E-state index in [1.54, 1.807) is 17.6 Å². The fraction of sp³-hybridized carbons (Fsp3) is 0.571. The zero-order valence-corrected chi connectivity index (χ0v) is 11.1. The minimum Gasteiger partial charge on any atom is -0.479 e. The Morgan fingerprint density at radius 1 is 1.47 bits per heavy atom. The molecular weight excluding hydrogens is 246 g/mol. The lowest BCUT2D eigenvalue weighted by Crippen LogP contribution is -2.29. The molecule has 1 unspecified atom stereocenters. The monoisotopic (exact) mass is 265 g/mol. The molecular formula is C14H19NO4. The molecule has 0 aromatic carbocycles. The Balaban J connectivity index is 2.13. The van der Waals surface area contributed by atoms with Crippen LogP contribution in [-0.4, -0.2) is 28.4 Å². The third-order valence-electron chi connectivity index (χ3n) is 3.51. The Morgan fingerprint density at radius 3 is 2.95 bits per heavy atom. The molecule has 0 fully saturated rings. The smallest absolute Gasteiger partial charge is 0.332 e. The Labute approximate surface area is 111 Å². The third-order valence-corrected chi connectivity index (χ3v) is 3.51. The van der Waals surface area contributed by atoms with Crippen LogP contribution in [0.25, 0.3) is 0 Å². The fourth-order valence-electron chi connectivity index (χ4n) is 2.60. The van der Waals surface area contributed by atoms with Crippen molar-refractivity contribution in [1.29, 1.82) is 0 Å². The highest BCUT2D eigenvalue weighted by Crippen LogP contribution is 2.20. The first-order chi connectivity index (χ1) is 9.13. The van der Waals surface area contributed by atoms with Crippen LogP contribution in [0.4, 0.5) is 0 Å². The molecule has 1 aliphatic rings. The van der Waals surface area contributed by atoms with E-state index in [4.69, 9.17) is 9.84 Å². The van der Waals surface area contributed by atoms with Gasteiger partial charge in [-0.25, -0.2) is 4.79 Å². The van der Waals surface area contributed by atoms with Crippen molar-refractivity contribution in [3.8, 4) is 0 Å². The van der Waals surface area contributed by atoms with Gasteiger partial charge >= 0.3 is 5.97 Å². The first-order valence-electron chi connectivity index (χ1n) is 6.69. The predicted octanol–water partition coefficient (Wildman–Crippen LogP) is 1.22. The lowest BCUT2D eigenvalue weighted by molar-refractivity contribution is -0.150. The molecule has 0 bridgehead atoms. The van der Waals surface area contributed by atoms with Crippen molar-refractivity contribution in [3.63, 3.8) is 0 Å². The number of carboxylic acids is 1. The maximum Gasteiger partial charge on any atom is 0.332 e. The second-order valence-corrected chi connectivity index (χ2v) is 4.72. The molecule has 0 saturated heterocycles. The van der Waals surface area contributed by atoms with Crippen LogP contribution in [0.1, 0.15) is 31.0 Å². The van der Waals surface area contributed by atoms with Gasteiger partial charge in [-0.3, -0.25) is 4.79 Å². The Morgan fingerprint density at radius 2 is 2.26 bits per heavy atom. The number of pyridine rings is 1. The van der Waals surface area contributed by atoms with Gasteiger partial charge in [-0.15, -0.1) is 0 Å². The zero-order valence-electron chi connectivity index (χ0n) is 11.1. The molecule has 19 heavy (non-hydrogen) atoms. The van der Waals surface area contributed by atoms with Crippen molar-refractivity contribution in [1.82, 2.24) is 4.57 Å². The summed E-state index contributed by atoms with van der Waals surface area (Å²) in [6.45, 7) is 2.53. The second-order valence-electron chi connectivity index (χ2n) is 4.72. The number of hydrogen-bond acceptors (Lipinski definition) is 3. The lowest BCUT2D eigenvalue weighted by atomic mass is 10.2. The van der Waals surface area contributed by atoms with Gasteiger partial charge < -0.3 is 14.4 Å². The lowest BCUT2D eigenvalue weighted by Gasteiger charge is -2.15. The number of ether oxygens (including phenoxy) is 1. The molecule has 104 valence electrons. The Hall–Kier alpha value is -1.62. The van der Waals surface area contributed by atoms with Gasteiger partial charge in [0.05, 0.1) is 0 Å². The normalized spacial score (nSPS) is 15.2. The number of fused-ring (bicyclic) bond motifs is 1. The van der Waals surface area contributed by atoms with Gasteiger partial charge in [0.25, 0.3) is 5.56 Å². The van der Waals surface area contributed by atoms with Crippen LogP contribution in [0.15, 0.2) is 16.9 Å². The summed E-state index contributed by atoms with van der Waals surface area (Å²) in [7, 11) is 0. The molecule has 1 heterocycles. The van der Waals surface area contributed by atoms with Crippen LogP contribution >= 0.6 is 0 Å². The van der Waals surface area contributed by atoms with Gasteiger partial charge in [-0.2, -0.15) is 0 Å². The molecule has 1 aliphatic carbocycles. The molecule has 0 spiro atoms. The predicted molar refractivity (Wildman–Crippen MR) is 70.4 cm³/mol. The largest absolute Gasteiger partial charge is 0.479 e. The molecule has 0 aliphatic heterocycles. The average Bonchev–Trinajstić information content (AvgIpc) is 2.84. The molecule has 1 aromatic heterocycles. The molecule has 2 rings (SSSR count). The Bertz CT molecular complexity index is 521. The summed E-state index contributed by atoms with van der Waals surface area (Å²) >= 11 is 0. The van der Waals surface area contributed by atoms with Gasteiger partial charge in [-0.05, 0) is 31.7 Å². The number of aromatic nitrogens is 1. The first-order valence-corrected chi connectivity index (χ1v) is 6.69. The van der Waals surface area contributed by atoms with Crippen LogP contribution in [0.5, 0.6) is 0 Å². The van der Waals surface area contributed by atoms with Crippen LogP contribution in [0.2, 0.25) is 0 Å². The standard InChI is InChI=1S/C14H19NO4/c1-2-19-12(14(17)18)8-9-15-11-5-3-4-10(11)6-7-13(15)16/h6-7,12H,2-5,8-9H2,1H3,(H,17,18). The van der Waals surface area contributed by atoms with Crippen LogP contribution in [0, 0.1) is 0 Å². The topological polar surface area (TPSA) is 68.5 Å². The van der Waals surface area contributed by atoms with Crippen molar-refractivity contribution in [3.05, 3.63) is 33.7 Å². The van der Waals surface area contributed by atoms with Gasteiger partial charge in [0.2, 0.25) is 0 Å². The van der Waals surface area contributed by atoms with Crippen molar-refractivity contribution in [2.24, 2.45) is 0 Å². The van der Waals surface area contributed by atoms with E-state index in [1.165, 1.54) is 5.56 Å². The summed E-state index contributed by atoms with van der Waals surface area (Å²) in [5, 5.41) is 9.03. The van der Waals surface area contributed by atoms with E-state index < -0.39 is 12.1 Å². The molecule has 0 radical (unpaired) electrons. The third kappa shape index (κ3) is 3.04. The second kappa shape index (κ2) is 6.02. The fourth-order valence-corrected chi connectivity index (χ4v) is 2.60. The molecule has 5 heteroatoms. The molecule has 5 nitrogen and oxygen atoms in total. The highest BCUT2D eigenvalue weighted by molar-refractivity contribution is 5.72. The molecule has 1 aromatic rings. The number of hydrogen-bond donors (Lipinski definition) is 1. The highest BCUT2D eigenvalue weighted by Gasteiger charge is 2.20. The van der Waals surface area contributed by atoms with E-state index in [-0.39, 0.29) is 5.56 Å². The SMILES string of the molecule is CCOC(CCn1c2c(ccc1=O)CCC2)C(=O)O. The molecule has 0 saturated carbocycles. The number of aliphatic carboxylic acids is 1. The van der Waals surface area contributed by atoms with Gasteiger partial charge in [0, 0.05) is 31.3 Å². The Kier molecular flexibility index (Phi) is 4.37. The van der Waals surface area contributed by atoms with Crippen molar-refractivity contribution in [2.45, 2.75) is 45.3 Å². The van der Waals surface area contributed by atoms with Gasteiger partial charge in [-0.1, -0.05) is 6.07 Å². The van der Waals surface area contributed by atoms with Crippen LogP contribution in [-0.2, 0) is 28.9 Å². The van der Waals surface area contributed by atoms with E-state index >= 15 is 0 Å².